The Morgan fingerprint density at radius 3 is 2.11 bits per heavy atom. The van der Waals surface area contributed by atoms with E-state index >= 15 is 0 Å². The molecule has 0 saturated heterocycles. The zero-order valence-corrected chi connectivity index (χ0v) is 36.0. The second-order valence-electron chi connectivity index (χ2n) is 19.5. The number of para-hydroxylation sites is 2. The summed E-state index contributed by atoms with van der Waals surface area (Å²) in [5.74, 6) is 0.725. The van der Waals surface area contributed by atoms with Gasteiger partial charge in [0.25, 0.3) is 0 Å². The number of nitrogens with zero attached hydrogens (tertiary/aromatic N) is 2. The summed E-state index contributed by atoms with van der Waals surface area (Å²) in [5, 5.41) is 3.94. The van der Waals surface area contributed by atoms with Gasteiger partial charge >= 0.3 is 0 Å². The van der Waals surface area contributed by atoms with Crippen LogP contribution in [-0.2, 0) is 17.3 Å². The predicted molar refractivity (Wildman–Crippen MR) is 262 cm³/mol. The second kappa shape index (κ2) is 12.9. The van der Waals surface area contributed by atoms with Gasteiger partial charge in [-0.3, -0.25) is 0 Å². The zero-order valence-electron chi connectivity index (χ0n) is 36.0. The average molecular weight is 799 g/mol. The highest BCUT2D eigenvalue weighted by atomic mass is 15.0. The number of aromatic nitrogens is 2. The minimum atomic E-state index is -0.122. The van der Waals surface area contributed by atoms with Gasteiger partial charge in [-0.2, -0.15) is 0 Å². The van der Waals surface area contributed by atoms with E-state index in [-0.39, 0.29) is 10.8 Å². The second-order valence-corrected chi connectivity index (χ2v) is 19.5. The van der Waals surface area contributed by atoms with Gasteiger partial charge < -0.3 is 9.13 Å². The van der Waals surface area contributed by atoms with Gasteiger partial charge in [0.05, 0.1) is 16.6 Å². The number of hydrogen-bond acceptors (Lipinski definition) is 0. The van der Waals surface area contributed by atoms with E-state index < -0.39 is 0 Å². The van der Waals surface area contributed by atoms with E-state index in [2.05, 4.69) is 207 Å². The van der Waals surface area contributed by atoms with Crippen molar-refractivity contribution in [1.82, 2.24) is 9.13 Å². The van der Waals surface area contributed by atoms with E-state index in [0.29, 0.717) is 11.8 Å². The minimum absolute atomic E-state index is 0.0206. The molecule has 0 fully saturated rings. The number of benzene rings is 6. The van der Waals surface area contributed by atoms with Crippen LogP contribution < -0.4 is 0 Å². The Morgan fingerprint density at radius 2 is 1.29 bits per heavy atom. The molecule has 0 bridgehead atoms. The lowest BCUT2D eigenvalue weighted by atomic mass is 9.70. The first-order valence-corrected chi connectivity index (χ1v) is 22.8. The van der Waals surface area contributed by atoms with Crippen molar-refractivity contribution in [1.29, 1.82) is 0 Å². The van der Waals surface area contributed by atoms with Crippen LogP contribution in [0, 0.1) is 5.92 Å². The fourth-order valence-corrected chi connectivity index (χ4v) is 12.6. The molecule has 300 valence electrons. The molecule has 0 amide bonds. The van der Waals surface area contributed by atoms with Gasteiger partial charge in [-0.25, -0.2) is 0 Å². The molecule has 6 aromatic carbocycles. The number of allylic oxidation sites excluding steroid dienone is 9. The quantitative estimate of drug-likeness (QED) is 0.168. The van der Waals surface area contributed by atoms with Crippen molar-refractivity contribution < 1.29 is 0 Å². The van der Waals surface area contributed by atoms with Crippen LogP contribution in [0.25, 0.3) is 78.0 Å². The number of fused-ring (bicyclic) bond motifs is 13. The summed E-state index contributed by atoms with van der Waals surface area (Å²) in [6.45, 7) is 9.96. The van der Waals surface area contributed by atoms with Crippen LogP contribution in [0.4, 0.5) is 0 Å². The lowest BCUT2D eigenvalue weighted by Crippen LogP contribution is -2.28. The molecule has 0 aliphatic heterocycles. The van der Waals surface area contributed by atoms with Crippen LogP contribution in [0.3, 0.4) is 0 Å². The van der Waals surface area contributed by atoms with Crippen LogP contribution in [0.2, 0.25) is 0 Å². The van der Waals surface area contributed by atoms with Crippen molar-refractivity contribution >= 4 is 50.1 Å². The lowest BCUT2D eigenvalue weighted by molar-refractivity contribution is 0.390. The Balaban J connectivity index is 0.937. The van der Waals surface area contributed by atoms with Crippen molar-refractivity contribution in [3.8, 4) is 27.9 Å². The SMILES string of the molecule is CC1(C)c2ccc(-c3ccc4c(c3)c3cc(C5=CCCC=C5)ccc3n4-c3ccccc3)cc2-c2ccc3c(c21)C(C)(C)C1C=CC(n2c4c(c5ccccc52)C=CCC4)=CC31. The highest BCUT2D eigenvalue weighted by Crippen LogP contribution is 2.61. The van der Waals surface area contributed by atoms with Crippen LogP contribution in [0.5, 0.6) is 0 Å². The van der Waals surface area contributed by atoms with Crippen molar-refractivity contribution in [3.63, 3.8) is 0 Å². The Bertz CT molecular complexity index is 3400. The summed E-state index contributed by atoms with van der Waals surface area (Å²) in [6, 6.07) is 46.3. The van der Waals surface area contributed by atoms with E-state index in [1.54, 1.807) is 5.56 Å². The van der Waals surface area contributed by atoms with Crippen molar-refractivity contribution in [2.24, 2.45) is 5.92 Å². The zero-order chi connectivity index (χ0) is 41.5. The number of hydrogen-bond donors (Lipinski definition) is 0. The van der Waals surface area contributed by atoms with E-state index in [1.165, 1.54) is 105 Å². The molecule has 0 radical (unpaired) electrons. The summed E-state index contributed by atoms with van der Waals surface area (Å²) >= 11 is 0. The van der Waals surface area contributed by atoms with Crippen molar-refractivity contribution in [2.75, 3.05) is 0 Å². The summed E-state index contributed by atoms with van der Waals surface area (Å²) in [5.41, 5.74) is 22.9. The topological polar surface area (TPSA) is 9.86 Å². The van der Waals surface area contributed by atoms with Gasteiger partial charge in [0.1, 0.15) is 0 Å². The van der Waals surface area contributed by atoms with Crippen LogP contribution in [-0.4, -0.2) is 9.13 Å². The molecule has 2 aromatic heterocycles. The van der Waals surface area contributed by atoms with Crippen LogP contribution >= 0.6 is 0 Å². The van der Waals surface area contributed by atoms with Crippen LogP contribution in [0.15, 0.2) is 164 Å². The summed E-state index contributed by atoms with van der Waals surface area (Å²) in [6.07, 6.45) is 23.7. The Morgan fingerprint density at radius 1 is 0.565 bits per heavy atom. The highest BCUT2D eigenvalue weighted by Gasteiger charge is 2.51. The third-order valence-corrected chi connectivity index (χ3v) is 15.4. The standard InChI is InChI=1S/C60H50N2/c1-59(2)51-29-23-39(40-25-32-56-50(35-40)49-34-38(37-15-7-5-8-16-37)24-31-55(49)61(56)41-17-9-6-10-18-41)33-47(51)45-27-28-46-48-36-42(26-30-52(48)60(3,4)58(46)57(45)59)62-53-21-13-11-19-43(53)44-20-12-14-22-54(44)62/h6-7,9-13,15-21,23-36,48,52H,5,8,14,22H2,1-4H3. The fourth-order valence-electron chi connectivity index (χ4n) is 12.6. The highest BCUT2D eigenvalue weighted by molar-refractivity contribution is 6.11. The molecule has 2 atom stereocenters. The molecule has 0 N–H and O–H groups in total. The molecule has 2 heteroatoms. The van der Waals surface area contributed by atoms with Crippen molar-refractivity contribution in [2.45, 2.75) is 70.1 Å². The van der Waals surface area contributed by atoms with Crippen molar-refractivity contribution in [3.05, 3.63) is 203 Å². The molecular weight excluding hydrogens is 749 g/mol. The molecule has 62 heavy (non-hydrogen) atoms. The van der Waals surface area contributed by atoms with E-state index in [4.69, 9.17) is 0 Å². The molecule has 0 spiro atoms. The Hall–Kier alpha value is -6.64. The molecule has 5 aliphatic rings. The monoisotopic (exact) mass is 798 g/mol. The van der Waals surface area contributed by atoms with E-state index in [1.807, 2.05) is 0 Å². The average Bonchev–Trinajstić information content (AvgIpc) is 3.97. The van der Waals surface area contributed by atoms with Gasteiger partial charge in [-0.05, 0) is 147 Å². The Labute approximate surface area is 364 Å². The van der Waals surface area contributed by atoms with E-state index in [9.17, 15) is 0 Å². The van der Waals surface area contributed by atoms with Crippen LogP contribution in [0.1, 0.15) is 91.9 Å². The van der Waals surface area contributed by atoms with Gasteiger partial charge in [0, 0.05) is 50.1 Å². The first kappa shape index (κ1) is 36.1. The van der Waals surface area contributed by atoms with Gasteiger partial charge in [0.15, 0.2) is 0 Å². The molecule has 2 nitrogen and oxygen atoms in total. The maximum atomic E-state index is 2.61. The normalized spacial score (nSPS) is 19.9. The van der Waals surface area contributed by atoms with Gasteiger partial charge in [0.2, 0.25) is 0 Å². The molecular formula is C60H50N2. The maximum absolute atomic E-state index is 2.61. The maximum Gasteiger partial charge on any atom is 0.0541 e. The number of rotatable bonds is 4. The molecule has 13 rings (SSSR count). The summed E-state index contributed by atoms with van der Waals surface area (Å²) in [4.78, 5) is 0. The molecule has 8 aromatic rings. The largest absolute Gasteiger partial charge is 0.313 e. The predicted octanol–water partition coefficient (Wildman–Crippen LogP) is 15.5. The Kier molecular flexibility index (Phi) is 7.53. The van der Waals surface area contributed by atoms with Gasteiger partial charge in [-0.15, -0.1) is 0 Å². The van der Waals surface area contributed by atoms with Gasteiger partial charge in [-0.1, -0.05) is 143 Å². The molecule has 2 heterocycles. The molecule has 0 saturated carbocycles. The molecule has 2 unspecified atom stereocenters. The minimum Gasteiger partial charge on any atom is -0.313 e. The third-order valence-electron chi connectivity index (χ3n) is 15.4. The summed E-state index contributed by atoms with van der Waals surface area (Å²) in [7, 11) is 0. The third kappa shape index (κ3) is 4.92. The first-order chi connectivity index (χ1) is 30.3. The van der Waals surface area contributed by atoms with E-state index in [0.717, 1.165) is 25.7 Å². The molecule has 5 aliphatic carbocycles. The lowest BCUT2D eigenvalue weighted by Gasteiger charge is -2.34. The fraction of sp³-hybridized carbons (Fsp3) is 0.200. The first-order valence-electron chi connectivity index (χ1n) is 22.8. The smallest absolute Gasteiger partial charge is 0.0541 e. The summed E-state index contributed by atoms with van der Waals surface area (Å²) < 4.78 is 5.01.